The second-order valence-corrected chi connectivity index (χ2v) is 5.49. The molecule has 1 aromatic heterocycles. The molecule has 1 saturated carbocycles. The van der Waals surface area contributed by atoms with Gasteiger partial charge in [-0.05, 0) is 43.4 Å². The second-order valence-electron chi connectivity index (χ2n) is 5.49. The summed E-state index contributed by atoms with van der Waals surface area (Å²) in [7, 11) is 0. The number of H-pyrrole nitrogens is 1. The zero-order valence-corrected chi connectivity index (χ0v) is 11.7. The first-order valence-electron chi connectivity index (χ1n) is 7.19. The van der Waals surface area contributed by atoms with Crippen molar-refractivity contribution in [2.75, 3.05) is 13.2 Å². The van der Waals surface area contributed by atoms with Crippen LogP contribution < -0.4 is 5.69 Å². The van der Waals surface area contributed by atoms with E-state index in [1.807, 2.05) is 0 Å². The highest BCUT2D eigenvalue weighted by molar-refractivity contribution is 5.92. The van der Waals surface area contributed by atoms with Gasteiger partial charge in [-0.25, -0.2) is 9.59 Å². The van der Waals surface area contributed by atoms with E-state index < -0.39 is 5.97 Å². The number of hydrogen-bond acceptors (Lipinski definition) is 3. The minimum absolute atomic E-state index is 0.170. The zero-order valence-electron chi connectivity index (χ0n) is 11.7. The Morgan fingerprint density at radius 1 is 1.43 bits per heavy atom. The summed E-state index contributed by atoms with van der Waals surface area (Å²) in [5, 5.41) is 8.96. The van der Waals surface area contributed by atoms with E-state index in [9.17, 15) is 9.59 Å². The van der Waals surface area contributed by atoms with Crippen LogP contribution in [0.15, 0.2) is 23.0 Å². The lowest BCUT2D eigenvalue weighted by Gasteiger charge is -2.05. The minimum Gasteiger partial charge on any atom is -0.478 e. The van der Waals surface area contributed by atoms with Crippen LogP contribution in [0.4, 0.5) is 0 Å². The maximum Gasteiger partial charge on any atom is 0.335 e. The van der Waals surface area contributed by atoms with Gasteiger partial charge in [0.05, 0.1) is 16.6 Å². The van der Waals surface area contributed by atoms with Crippen LogP contribution in [-0.2, 0) is 11.3 Å². The summed E-state index contributed by atoms with van der Waals surface area (Å²) in [6.07, 6.45) is 3.31. The van der Waals surface area contributed by atoms with Gasteiger partial charge in [0, 0.05) is 19.8 Å². The summed E-state index contributed by atoms with van der Waals surface area (Å²) in [6, 6.07) is 4.67. The number of rotatable bonds is 7. The van der Waals surface area contributed by atoms with Gasteiger partial charge in [0.15, 0.2) is 0 Å². The third kappa shape index (κ3) is 3.16. The lowest BCUT2D eigenvalue weighted by Crippen LogP contribution is -2.17. The Morgan fingerprint density at radius 3 is 2.95 bits per heavy atom. The molecule has 1 aliphatic carbocycles. The molecule has 0 spiro atoms. The Balaban J connectivity index is 1.67. The van der Waals surface area contributed by atoms with Gasteiger partial charge in [-0.2, -0.15) is 0 Å². The molecule has 1 fully saturated rings. The molecular weight excluding hydrogens is 272 g/mol. The second kappa shape index (κ2) is 5.73. The number of nitrogens with zero attached hydrogens (tertiary/aromatic N) is 1. The number of fused-ring (bicyclic) bond motifs is 1. The lowest BCUT2D eigenvalue weighted by atomic mass is 10.2. The summed E-state index contributed by atoms with van der Waals surface area (Å²) in [5.41, 5.74) is 1.24. The van der Waals surface area contributed by atoms with Gasteiger partial charge in [-0.15, -0.1) is 0 Å². The first kappa shape index (κ1) is 13.9. The standard InChI is InChI=1S/C15H18N2O4/c18-14(19)11-4-5-13-12(8-11)16-15(20)17(13)6-1-7-21-9-10-2-3-10/h4-5,8,10H,1-3,6-7,9H2,(H,16,20)(H,18,19). The van der Waals surface area contributed by atoms with Crippen LogP contribution in [0.5, 0.6) is 0 Å². The van der Waals surface area contributed by atoms with Gasteiger partial charge in [0.2, 0.25) is 0 Å². The van der Waals surface area contributed by atoms with Crippen LogP contribution >= 0.6 is 0 Å². The molecule has 0 aliphatic heterocycles. The fraction of sp³-hybridized carbons (Fsp3) is 0.467. The first-order valence-corrected chi connectivity index (χ1v) is 7.19. The maximum absolute atomic E-state index is 11.9. The minimum atomic E-state index is -1.00. The van der Waals surface area contributed by atoms with Crippen molar-refractivity contribution >= 4 is 17.0 Å². The van der Waals surface area contributed by atoms with E-state index >= 15 is 0 Å². The molecule has 0 unspecified atom stereocenters. The third-order valence-corrected chi connectivity index (χ3v) is 3.74. The Morgan fingerprint density at radius 2 is 2.24 bits per heavy atom. The number of aromatic amines is 1. The van der Waals surface area contributed by atoms with Gasteiger partial charge in [-0.3, -0.25) is 4.57 Å². The number of benzene rings is 1. The summed E-state index contributed by atoms with van der Waals surface area (Å²) in [4.78, 5) is 25.5. The SMILES string of the molecule is O=C(O)c1ccc2c(c1)[nH]c(=O)n2CCCOCC1CC1. The van der Waals surface area contributed by atoms with Gasteiger partial charge in [0.1, 0.15) is 0 Å². The normalized spacial score (nSPS) is 14.7. The molecule has 6 nitrogen and oxygen atoms in total. The first-order chi connectivity index (χ1) is 10.1. The summed E-state index contributed by atoms with van der Waals surface area (Å²) >= 11 is 0. The molecule has 2 N–H and O–H groups in total. The van der Waals surface area contributed by atoms with E-state index in [2.05, 4.69) is 4.98 Å². The molecule has 1 heterocycles. The molecule has 1 aromatic carbocycles. The van der Waals surface area contributed by atoms with Crippen molar-refractivity contribution in [2.45, 2.75) is 25.8 Å². The highest BCUT2D eigenvalue weighted by atomic mass is 16.5. The molecule has 21 heavy (non-hydrogen) atoms. The number of aromatic nitrogens is 2. The Bertz CT molecular complexity index is 712. The number of imidazole rings is 1. The molecule has 0 radical (unpaired) electrons. The van der Waals surface area contributed by atoms with Crippen molar-refractivity contribution in [3.63, 3.8) is 0 Å². The molecule has 1 aliphatic rings. The van der Waals surface area contributed by atoms with Gasteiger partial charge >= 0.3 is 11.7 Å². The van der Waals surface area contributed by atoms with E-state index in [-0.39, 0.29) is 11.3 Å². The van der Waals surface area contributed by atoms with Crippen molar-refractivity contribution < 1.29 is 14.6 Å². The van der Waals surface area contributed by atoms with Crippen molar-refractivity contribution in [3.05, 3.63) is 34.2 Å². The van der Waals surface area contributed by atoms with Crippen LogP contribution in [-0.4, -0.2) is 33.8 Å². The molecule has 0 amide bonds. The number of aryl methyl sites for hydroxylation is 1. The van der Waals surface area contributed by atoms with E-state index in [1.54, 1.807) is 10.6 Å². The van der Waals surface area contributed by atoms with Crippen molar-refractivity contribution in [1.82, 2.24) is 9.55 Å². The number of aromatic carboxylic acids is 1. The van der Waals surface area contributed by atoms with Crippen molar-refractivity contribution in [3.8, 4) is 0 Å². The van der Waals surface area contributed by atoms with Crippen molar-refractivity contribution in [1.29, 1.82) is 0 Å². The lowest BCUT2D eigenvalue weighted by molar-refractivity contribution is 0.0697. The summed E-state index contributed by atoms with van der Waals surface area (Å²) in [6.45, 7) is 2.03. The van der Waals surface area contributed by atoms with E-state index in [1.165, 1.54) is 25.0 Å². The highest BCUT2D eigenvalue weighted by Crippen LogP contribution is 2.28. The number of carboxylic acid groups (broad SMARTS) is 1. The van der Waals surface area contributed by atoms with Gasteiger partial charge in [0.25, 0.3) is 0 Å². The van der Waals surface area contributed by atoms with Crippen LogP contribution in [0, 0.1) is 5.92 Å². The molecule has 0 bridgehead atoms. The van der Waals surface area contributed by atoms with E-state index in [0.29, 0.717) is 18.7 Å². The fourth-order valence-electron chi connectivity index (χ4n) is 2.38. The molecular formula is C15H18N2O4. The number of carboxylic acids is 1. The number of carbonyl (C=O) groups is 1. The molecule has 3 rings (SSSR count). The smallest absolute Gasteiger partial charge is 0.335 e. The number of hydrogen-bond donors (Lipinski definition) is 2. The summed E-state index contributed by atoms with van der Waals surface area (Å²) in [5.74, 6) is -0.255. The molecule has 112 valence electrons. The Kier molecular flexibility index (Phi) is 3.79. The van der Waals surface area contributed by atoms with Gasteiger partial charge in [-0.1, -0.05) is 0 Å². The summed E-state index contributed by atoms with van der Waals surface area (Å²) < 4.78 is 7.18. The van der Waals surface area contributed by atoms with E-state index in [0.717, 1.165) is 24.5 Å². The Labute approximate surface area is 121 Å². The maximum atomic E-state index is 11.9. The third-order valence-electron chi connectivity index (χ3n) is 3.74. The van der Waals surface area contributed by atoms with Crippen LogP contribution in [0.3, 0.4) is 0 Å². The van der Waals surface area contributed by atoms with Crippen molar-refractivity contribution in [2.24, 2.45) is 5.92 Å². The van der Waals surface area contributed by atoms with Crippen LogP contribution in [0.1, 0.15) is 29.6 Å². The molecule has 2 aromatic rings. The fourth-order valence-corrected chi connectivity index (χ4v) is 2.38. The topological polar surface area (TPSA) is 84.3 Å². The number of nitrogens with one attached hydrogen (secondary N) is 1. The van der Waals surface area contributed by atoms with Gasteiger partial charge < -0.3 is 14.8 Å². The predicted octanol–water partition coefficient (Wildman–Crippen LogP) is 1.84. The molecule has 6 heteroatoms. The largest absolute Gasteiger partial charge is 0.478 e. The zero-order chi connectivity index (χ0) is 14.8. The average Bonchev–Trinajstić information content (AvgIpc) is 3.22. The van der Waals surface area contributed by atoms with Crippen LogP contribution in [0.2, 0.25) is 0 Å². The highest BCUT2D eigenvalue weighted by Gasteiger charge is 2.20. The predicted molar refractivity (Wildman–Crippen MR) is 77.7 cm³/mol. The van der Waals surface area contributed by atoms with E-state index in [4.69, 9.17) is 9.84 Å². The quantitative estimate of drug-likeness (QED) is 0.762. The van der Waals surface area contributed by atoms with Crippen LogP contribution in [0.25, 0.3) is 11.0 Å². The average molecular weight is 290 g/mol. The monoisotopic (exact) mass is 290 g/mol. The molecule has 0 atom stereocenters. The molecule has 0 saturated heterocycles. The Hall–Kier alpha value is -2.08. The number of ether oxygens (including phenoxy) is 1.